The van der Waals surface area contributed by atoms with Gasteiger partial charge in [-0.15, -0.1) is 0 Å². The highest BCUT2D eigenvalue weighted by Crippen LogP contribution is 2.61. The third-order valence-electron chi connectivity index (χ3n) is 14.8. The Morgan fingerprint density at radius 2 is 1.16 bits per heavy atom. The van der Waals surface area contributed by atoms with Crippen molar-refractivity contribution in [1.29, 1.82) is 0 Å². The summed E-state index contributed by atoms with van der Waals surface area (Å²) in [5.41, 5.74) is 1.53. The summed E-state index contributed by atoms with van der Waals surface area (Å²) >= 11 is 0. The maximum atomic E-state index is 13.9. The molecule has 9 unspecified atom stereocenters. The lowest BCUT2D eigenvalue weighted by Gasteiger charge is -2.42. The fourth-order valence-electron chi connectivity index (χ4n) is 10.9. The highest BCUT2D eigenvalue weighted by atomic mass is 16.6. The number of allylic oxidation sites excluding steroid dienone is 10. The number of hydrogen-bond acceptors (Lipinski definition) is 15. The van der Waals surface area contributed by atoms with Crippen LogP contribution in [0.5, 0.6) is 0 Å². The predicted octanol–water partition coefficient (Wildman–Crippen LogP) is 8.40. The Bertz CT molecular complexity index is 3290. The maximum absolute atomic E-state index is 13.9. The standard InChI is InChI=1S/C63H58O18/c1-4-55(65)78-34-43(80-61(74)50-15-7-6-14-48(50)58(68)69)32-76-41-24-20-39(21-25-41)63(53-16-10-8-12-46(53)47-13-9-11-17-54(47)63)40-22-26-42(27-23-40)77-33-44(35-79-56(66)5-2)81-62(75)52-31-38(19-29-49(52)59(70)71)57(67)37-18-28-45(36(3)64)51(30-37)60(72)73/h4-13,16-24,26,28-31,41-44,46,48,50,53H,1-2,14-15,25,27,32-35H2,3H3,(H,68,69)(H,70,71)(H,72,73). The largest absolute Gasteiger partial charge is 0.481 e. The molecule has 3 aromatic carbocycles. The highest BCUT2D eigenvalue weighted by molar-refractivity contribution is 6.14. The smallest absolute Gasteiger partial charge is 0.339 e. The molecule has 418 valence electrons. The first kappa shape index (κ1) is 58.0. The van der Waals surface area contributed by atoms with E-state index >= 15 is 0 Å². The summed E-state index contributed by atoms with van der Waals surface area (Å²) in [5, 5.41) is 29.6. The first-order valence-electron chi connectivity index (χ1n) is 26.1. The van der Waals surface area contributed by atoms with Gasteiger partial charge in [-0.25, -0.2) is 24.0 Å². The molecule has 0 bridgehead atoms. The van der Waals surface area contributed by atoms with Crippen molar-refractivity contribution in [2.24, 2.45) is 17.8 Å². The molecule has 0 spiro atoms. The van der Waals surface area contributed by atoms with Crippen LogP contribution in [0.1, 0.15) is 107 Å². The van der Waals surface area contributed by atoms with Crippen LogP contribution in [0.25, 0.3) is 0 Å². The molecule has 81 heavy (non-hydrogen) atoms. The van der Waals surface area contributed by atoms with E-state index in [2.05, 4.69) is 49.6 Å². The summed E-state index contributed by atoms with van der Waals surface area (Å²) in [4.78, 5) is 114. The molecule has 3 N–H and O–H groups in total. The van der Waals surface area contributed by atoms with Gasteiger partial charge in [0.05, 0.1) is 59.4 Å². The minimum absolute atomic E-state index is 0.0186. The molecule has 5 aliphatic rings. The van der Waals surface area contributed by atoms with Crippen molar-refractivity contribution in [1.82, 2.24) is 0 Å². The van der Waals surface area contributed by atoms with Gasteiger partial charge < -0.3 is 43.7 Å². The van der Waals surface area contributed by atoms with Gasteiger partial charge in [0.1, 0.15) is 13.2 Å². The topological polar surface area (TPSA) is 270 Å². The van der Waals surface area contributed by atoms with E-state index in [4.69, 9.17) is 28.4 Å². The molecule has 0 fully saturated rings. The van der Waals surface area contributed by atoms with Crippen LogP contribution >= 0.6 is 0 Å². The monoisotopic (exact) mass is 1100 g/mol. The minimum atomic E-state index is -1.52. The van der Waals surface area contributed by atoms with Gasteiger partial charge >= 0.3 is 41.8 Å². The van der Waals surface area contributed by atoms with E-state index in [1.165, 1.54) is 19.1 Å². The van der Waals surface area contributed by atoms with Crippen LogP contribution in [0.2, 0.25) is 0 Å². The molecular formula is C63H58O18. The minimum Gasteiger partial charge on any atom is -0.481 e. The number of hydrogen-bond donors (Lipinski definition) is 3. The van der Waals surface area contributed by atoms with Crippen LogP contribution in [-0.4, -0.2) is 120 Å². The first-order chi connectivity index (χ1) is 38.9. The third-order valence-corrected chi connectivity index (χ3v) is 14.8. The molecule has 0 saturated heterocycles. The van der Waals surface area contributed by atoms with Crippen LogP contribution in [0, 0.1) is 17.8 Å². The van der Waals surface area contributed by atoms with Gasteiger partial charge in [0.2, 0.25) is 0 Å². The van der Waals surface area contributed by atoms with Gasteiger partial charge in [0.15, 0.2) is 23.8 Å². The van der Waals surface area contributed by atoms with Gasteiger partial charge in [0.25, 0.3) is 0 Å². The number of esters is 4. The number of rotatable bonds is 24. The fraction of sp³-hybridized carbons (Fsp3) is 0.286. The maximum Gasteiger partial charge on any atom is 0.339 e. The lowest BCUT2D eigenvalue weighted by atomic mass is 9.60. The Balaban J connectivity index is 0.996. The van der Waals surface area contributed by atoms with Crippen molar-refractivity contribution in [3.63, 3.8) is 0 Å². The molecule has 5 aliphatic carbocycles. The van der Waals surface area contributed by atoms with Crippen molar-refractivity contribution in [2.45, 2.75) is 68.4 Å². The number of aliphatic carboxylic acids is 1. The number of aromatic carboxylic acids is 2. The van der Waals surface area contributed by atoms with Crippen molar-refractivity contribution < 1.29 is 86.9 Å². The molecule has 0 heterocycles. The number of carbonyl (C=O) groups is 9. The van der Waals surface area contributed by atoms with E-state index in [-0.39, 0.29) is 61.2 Å². The third kappa shape index (κ3) is 12.8. The van der Waals surface area contributed by atoms with Gasteiger partial charge in [0, 0.05) is 40.7 Å². The summed E-state index contributed by atoms with van der Waals surface area (Å²) in [6.45, 7) is 6.64. The zero-order valence-electron chi connectivity index (χ0n) is 44.0. The number of fused-ring (bicyclic) bond motifs is 3. The summed E-state index contributed by atoms with van der Waals surface area (Å²) in [5.74, 6) is -10.9. The summed E-state index contributed by atoms with van der Waals surface area (Å²) in [7, 11) is 0. The molecule has 0 aromatic heterocycles. The zero-order valence-corrected chi connectivity index (χ0v) is 44.0. The van der Waals surface area contributed by atoms with E-state index in [1.807, 2.05) is 48.6 Å². The second-order valence-corrected chi connectivity index (χ2v) is 19.7. The molecule has 0 saturated carbocycles. The number of ketones is 2. The number of carboxylic acid groups (broad SMARTS) is 3. The Morgan fingerprint density at radius 1 is 0.617 bits per heavy atom. The average Bonchev–Trinajstić information content (AvgIpc) is 4.01. The molecule has 0 aliphatic heterocycles. The van der Waals surface area contributed by atoms with Crippen molar-refractivity contribution in [2.75, 3.05) is 26.4 Å². The predicted molar refractivity (Wildman–Crippen MR) is 290 cm³/mol. The van der Waals surface area contributed by atoms with Gasteiger partial charge in [-0.05, 0) is 79.1 Å². The molecular weight excluding hydrogens is 1040 g/mol. The Labute approximate surface area is 465 Å². The van der Waals surface area contributed by atoms with Crippen LogP contribution < -0.4 is 0 Å². The lowest BCUT2D eigenvalue weighted by molar-refractivity contribution is -0.170. The number of Topliss-reactive ketones (excluding diaryl/α,β-unsaturated/α-hetero) is 1. The Kier molecular flexibility index (Phi) is 18.5. The summed E-state index contributed by atoms with van der Waals surface area (Å²) < 4.78 is 34.6. The summed E-state index contributed by atoms with van der Waals surface area (Å²) in [6, 6.07) is 14.9. The van der Waals surface area contributed by atoms with Crippen LogP contribution in [-0.2, 0) is 53.0 Å². The van der Waals surface area contributed by atoms with Crippen LogP contribution in [0.3, 0.4) is 0 Å². The highest BCUT2D eigenvalue weighted by Gasteiger charge is 2.54. The van der Waals surface area contributed by atoms with Crippen LogP contribution in [0.4, 0.5) is 0 Å². The molecule has 9 atom stereocenters. The second kappa shape index (κ2) is 25.8. The van der Waals surface area contributed by atoms with E-state index in [0.717, 1.165) is 58.7 Å². The number of ether oxygens (including phenoxy) is 6. The van der Waals surface area contributed by atoms with Gasteiger partial charge in [-0.1, -0.05) is 122 Å². The molecule has 0 radical (unpaired) electrons. The second-order valence-electron chi connectivity index (χ2n) is 19.7. The quantitative estimate of drug-likeness (QED) is 0.0250. The van der Waals surface area contributed by atoms with Gasteiger partial charge in [-0.2, -0.15) is 0 Å². The van der Waals surface area contributed by atoms with E-state index < -0.39 is 118 Å². The first-order valence-corrected chi connectivity index (χ1v) is 26.1. The fourth-order valence-corrected chi connectivity index (χ4v) is 10.9. The van der Waals surface area contributed by atoms with E-state index in [1.54, 1.807) is 12.2 Å². The van der Waals surface area contributed by atoms with E-state index in [9.17, 15) is 58.5 Å². The molecule has 3 aromatic rings. The van der Waals surface area contributed by atoms with Gasteiger partial charge in [-0.3, -0.25) is 19.2 Å². The normalized spacial score (nSPS) is 22.8. The molecule has 18 nitrogen and oxygen atoms in total. The average molecular weight is 1100 g/mol. The lowest BCUT2D eigenvalue weighted by Crippen LogP contribution is -2.38. The van der Waals surface area contributed by atoms with Crippen molar-refractivity contribution >= 4 is 53.4 Å². The Morgan fingerprint density at radius 3 is 1.70 bits per heavy atom. The molecule has 8 rings (SSSR count). The SMILES string of the molecule is C=CC(=O)OCC(COC1C=CC(C2(C3=CCC(OCC(COC(=O)C=C)OC(=O)C4CC=CCC4C(=O)O)C=C3)c3ccccc3C3C=CC=CC32)=CC1)OC(=O)c1cc(C(=O)c2ccc(C(C)=O)c(C(=O)O)c2)ccc1C(=O)O. The number of carboxylic acids is 3. The zero-order chi connectivity index (χ0) is 58.0. The molecule has 18 heteroatoms. The van der Waals surface area contributed by atoms with Crippen molar-refractivity contribution in [3.05, 3.63) is 215 Å². The molecule has 0 amide bonds. The number of benzene rings is 3. The summed E-state index contributed by atoms with van der Waals surface area (Å²) in [6.07, 6.45) is 23.5. The Hall–Kier alpha value is -9.13. The number of carbonyl (C=O) groups excluding carboxylic acids is 6. The van der Waals surface area contributed by atoms with Crippen LogP contribution in [0.15, 0.2) is 170 Å². The van der Waals surface area contributed by atoms with E-state index in [0.29, 0.717) is 12.8 Å². The van der Waals surface area contributed by atoms with Crippen molar-refractivity contribution in [3.8, 4) is 0 Å².